The van der Waals surface area contributed by atoms with Gasteiger partial charge in [0.2, 0.25) is 0 Å². The molecule has 0 N–H and O–H groups in total. The lowest BCUT2D eigenvalue weighted by molar-refractivity contribution is 1.28. The fourth-order valence-corrected chi connectivity index (χ4v) is 3.25. The van der Waals surface area contributed by atoms with Crippen molar-refractivity contribution in [3.8, 4) is 11.1 Å². The van der Waals surface area contributed by atoms with Crippen LogP contribution in [-0.2, 0) is 0 Å². The molecule has 0 unspecified atom stereocenters. The first kappa shape index (κ1) is 16.2. The van der Waals surface area contributed by atoms with Crippen LogP contribution in [0.3, 0.4) is 0 Å². The Balaban J connectivity index is 1.83. The maximum atomic E-state index is 2.29. The zero-order chi connectivity index (χ0) is 17.8. The fourth-order valence-electron chi connectivity index (χ4n) is 3.25. The summed E-state index contributed by atoms with van der Waals surface area (Å²) in [5.41, 5.74) is 7.20. The Morgan fingerprint density at radius 2 is 0.962 bits per heavy atom. The first-order chi connectivity index (χ1) is 12.8. The number of aryl methyl sites for hydroxylation is 1. The smallest absolute Gasteiger partial charge is 0.0467 e. The van der Waals surface area contributed by atoms with E-state index < -0.39 is 0 Å². The Bertz CT molecular complexity index is 951. The molecule has 0 heterocycles. The molecule has 1 nitrogen and oxygen atoms in total. The maximum Gasteiger partial charge on any atom is 0.0467 e. The summed E-state index contributed by atoms with van der Waals surface area (Å²) in [5.74, 6) is 0. The number of hydrogen-bond acceptors (Lipinski definition) is 1. The van der Waals surface area contributed by atoms with E-state index in [9.17, 15) is 0 Å². The first-order valence-corrected chi connectivity index (χ1v) is 8.88. The van der Waals surface area contributed by atoms with Crippen LogP contribution in [0.25, 0.3) is 11.1 Å². The number of nitrogens with zero attached hydrogens (tertiary/aromatic N) is 1. The van der Waals surface area contributed by atoms with Gasteiger partial charge in [-0.25, -0.2) is 0 Å². The maximum absolute atomic E-state index is 2.29. The second-order valence-corrected chi connectivity index (χ2v) is 6.43. The Kier molecular flexibility index (Phi) is 4.53. The van der Waals surface area contributed by atoms with E-state index in [0.717, 1.165) is 17.1 Å². The van der Waals surface area contributed by atoms with E-state index in [1.165, 1.54) is 16.7 Å². The van der Waals surface area contributed by atoms with E-state index in [-0.39, 0.29) is 0 Å². The number of hydrogen-bond donors (Lipinski definition) is 0. The zero-order valence-electron chi connectivity index (χ0n) is 14.8. The molecule has 0 aliphatic heterocycles. The molecule has 0 saturated carbocycles. The average molecular weight is 335 g/mol. The normalized spacial score (nSPS) is 10.5. The van der Waals surface area contributed by atoms with Gasteiger partial charge in [-0.15, -0.1) is 0 Å². The quantitative estimate of drug-likeness (QED) is 0.383. The highest BCUT2D eigenvalue weighted by molar-refractivity contribution is 5.79. The van der Waals surface area contributed by atoms with Gasteiger partial charge in [-0.3, -0.25) is 0 Å². The number of anilines is 3. The standard InChI is InChI=1S/C25H21N/c1-20-10-8-11-21(18-20)22-12-9-17-25(19-22)26(23-13-4-2-5-14-23)24-15-6-3-7-16-24/h2-19H,1H3. The van der Waals surface area contributed by atoms with Crippen molar-refractivity contribution in [2.24, 2.45) is 0 Å². The van der Waals surface area contributed by atoms with Crippen molar-refractivity contribution in [1.29, 1.82) is 0 Å². The molecule has 4 aromatic rings. The van der Waals surface area contributed by atoms with E-state index in [1.54, 1.807) is 0 Å². The number of benzene rings is 4. The van der Waals surface area contributed by atoms with Crippen LogP contribution < -0.4 is 4.90 Å². The molecule has 0 bridgehead atoms. The van der Waals surface area contributed by atoms with Gasteiger partial charge in [-0.1, -0.05) is 78.4 Å². The second kappa shape index (κ2) is 7.28. The van der Waals surface area contributed by atoms with Gasteiger partial charge >= 0.3 is 0 Å². The largest absolute Gasteiger partial charge is 0.310 e. The van der Waals surface area contributed by atoms with Crippen LogP contribution in [0, 0.1) is 6.92 Å². The molecule has 0 radical (unpaired) electrons. The third kappa shape index (κ3) is 3.38. The van der Waals surface area contributed by atoms with E-state index in [2.05, 4.69) is 121 Å². The van der Waals surface area contributed by atoms with Crippen LogP contribution in [0.4, 0.5) is 17.1 Å². The number of para-hydroxylation sites is 2. The Labute approximate surface area is 155 Å². The molecule has 0 saturated heterocycles. The Morgan fingerprint density at radius 1 is 0.462 bits per heavy atom. The van der Waals surface area contributed by atoms with Gasteiger partial charge in [0.1, 0.15) is 0 Å². The van der Waals surface area contributed by atoms with Crippen molar-refractivity contribution < 1.29 is 0 Å². The van der Waals surface area contributed by atoms with Gasteiger partial charge in [-0.2, -0.15) is 0 Å². The third-order valence-corrected chi connectivity index (χ3v) is 4.48. The van der Waals surface area contributed by atoms with Crippen molar-refractivity contribution in [3.05, 3.63) is 115 Å². The summed E-state index contributed by atoms with van der Waals surface area (Å²) in [5, 5.41) is 0. The molecule has 0 aromatic heterocycles. The van der Waals surface area contributed by atoms with Crippen LogP contribution >= 0.6 is 0 Å². The Hall–Kier alpha value is -3.32. The molecule has 0 atom stereocenters. The second-order valence-electron chi connectivity index (χ2n) is 6.43. The molecule has 126 valence electrons. The van der Waals surface area contributed by atoms with Crippen molar-refractivity contribution in [2.45, 2.75) is 6.92 Å². The first-order valence-electron chi connectivity index (χ1n) is 8.88. The summed E-state index contributed by atoms with van der Waals surface area (Å²) >= 11 is 0. The van der Waals surface area contributed by atoms with Gasteiger partial charge in [0, 0.05) is 17.1 Å². The van der Waals surface area contributed by atoms with Gasteiger partial charge in [-0.05, 0) is 54.4 Å². The molecule has 0 fully saturated rings. The molecule has 0 aliphatic carbocycles. The molecule has 4 rings (SSSR count). The molecule has 4 aromatic carbocycles. The SMILES string of the molecule is Cc1cccc(-c2cccc(N(c3ccccc3)c3ccccc3)c2)c1. The van der Waals surface area contributed by atoms with Crippen LogP contribution in [0.2, 0.25) is 0 Å². The predicted octanol–water partition coefficient (Wildman–Crippen LogP) is 7.13. The molecule has 0 aliphatic rings. The number of rotatable bonds is 4. The van der Waals surface area contributed by atoms with Crippen LogP contribution in [0.5, 0.6) is 0 Å². The van der Waals surface area contributed by atoms with E-state index >= 15 is 0 Å². The summed E-state index contributed by atoms with van der Waals surface area (Å²) in [4.78, 5) is 2.29. The zero-order valence-corrected chi connectivity index (χ0v) is 14.8. The van der Waals surface area contributed by atoms with Gasteiger partial charge in [0.25, 0.3) is 0 Å². The lowest BCUT2D eigenvalue weighted by Crippen LogP contribution is -2.09. The third-order valence-electron chi connectivity index (χ3n) is 4.48. The summed E-state index contributed by atoms with van der Waals surface area (Å²) in [6.45, 7) is 2.13. The van der Waals surface area contributed by atoms with Crippen molar-refractivity contribution >= 4 is 17.1 Å². The highest BCUT2D eigenvalue weighted by atomic mass is 15.1. The molecule has 0 spiro atoms. The molecule has 1 heteroatoms. The summed E-state index contributed by atoms with van der Waals surface area (Å²) in [7, 11) is 0. The summed E-state index contributed by atoms with van der Waals surface area (Å²) < 4.78 is 0. The van der Waals surface area contributed by atoms with E-state index in [0.29, 0.717) is 0 Å². The van der Waals surface area contributed by atoms with Gasteiger partial charge < -0.3 is 4.90 Å². The highest BCUT2D eigenvalue weighted by Crippen LogP contribution is 2.36. The minimum Gasteiger partial charge on any atom is -0.310 e. The van der Waals surface area contributed by atoms with Crippen LogP contribution in [-0.4, -0.2) is 0 Å². The minimum atomic E-state index is 1.15. The average Bonchev–Trinajstić information content (AvgIpc) is 2.70. The minimum absolute atomic E-state index is 1.15. The van der Waals surface area contributed by atoms with Gasteiger partial charge in [0.05, 0.1) is 0 Å². The molecular weight excluding hydrogens is 314 g/mol. The molecule has 0 amide bonds. The lowest BCUT2D eigenvalue weighted by atomic mass is 10.0. The molecular formula is C25H21N. The highest BCUT2D eigenvalue weighted by Gasteiger charge is 2.12. The summed E-state index contributed by atoms with van der Waals surface area (Å²) in [6, 6.07) is 38.4. The van der Waals surface area contributed by atoms with Gasteiger partial charge in [0.15, 0.2) is 0 Å². The van der Waals surface area contributed by atoms with Crippen molar-refractivity contribution in [2.75, 3.05) is 4.90 Å². The van der Waals surface area contributed by atoms with Crippen molar-refractivity contribution in [3.63, 3.8) is 0 Å². The topological polar surface area (TPSA) is 3.24 Å². The van der Waals surface area contributed by atoms with Crippen LogP contribution in [0.1, 0.15) is 5.56 Å². The summed E-state index contributed by atoms with van der Waals surface area (Å²) in [6.07, 6.45) is 0. The van der Waals surface area contributed by atoms with Crippen molar-refractivity contribution in [1.82, 2.24) is 0 Å². The van der Waals surface area contributed by atoms with E-state index in [1.807, 2.05) is 0 Å². The molecule has 26 heavy (non-hydrogen) atoms. The fraction of sp³-hybridized carbons (Fsp3) is 0.0400. The van der Waals surface area contributed by atoms with Crippen LogP contribution in [0.15, 0.2) is 109 Å². The Morgan fingerprint density at radius 3 is 1.54 bits per heavy atom. The monoisotopic (exact) mass is 335 g/mol. The van der Waals surface area contributed by atoms with E-state index in [4.69, 9.17) is 0 Å². The predicted molar refractivity (Wildman–Crippen MR) is 111 cm³/mol. The lowest BCUT2D eigenvalue weighted by Gasteiger charge is -2.25.